The molecule has 108 valence electrons. The van der Waals surface area contributed by atoms with Crippen LogP contribution in [0.15, 0.2) is 18.2 Å². The van der Waals surface area contributed by atoms with Crippen LogP contribution in [0.25, 0.3) is 0 Å². The van der Waals surface area contributed by atoms with E-state index >= 15 is 0 Å². The third-order valence-corrected chi connectivity index (χ3v) is 3.82. The van der Waals surface area contributed by atoms with Gasteiger partial charge in [0, 0.05) is 24.3 Å². The summed E-state index contributed by atoms with van der Waals surface area (Å²) in [6, 6.07) is 5.61. The largest absolute Gasteiger partial charge is 0.369 e. The minimum absolute atomic E-state index is 0.0937. The lowest BCUT2D eigenvalue weighted by molar-refractivity contribution is 0.600. The molecule has 0 bridgehead atoms. The minimum atomic E-state index is -0.178. The zero-order valence-electron chi connectivity index (χ0n) is 12.6. The van der Waals surface area contributed by atoms with E-state index in [1.165, 1.54) is 0 Å². The van der Waals surface area contributed by atoms with Crippen molar-refractivity contribution in [3.8, 4) is 0 Å². The van der Waals surface area contributed by atoms with E-state index in [0.717, 1.165) is 37.1 Å². The van der Waals surface area contributed by atoms with Gasteiger partial charge in [-0.25, -0.2) is 4.39 Å². The monoisotopic (exact) mass is 266 g/mol. The standard InChI is InChI=1S/C16H27FN2/c1-5-12(4)19(7-3)16-9-8-14(17)10-13(16)11-15(18)6-2/h8-10,12,15H,5-7,11,18H2,1-4H3. The Bertz CT molecular complexity index is 392. The van der Waals surface area contributed by atoms with Gasteiger partial charge in [0.15, 0.2) is 0 Å². The zero-order valence-corrected chi connectivity index (χ0v) is 12.6. The van der Waals surface area contributed by atoms with E-state index < -0.39 is 0 Å². The number of rotatable bonds is 7. The van der Waals surface area contributed by atoms with Gasteiger partial charge in [-0.1, -0.05) is 13.8 Å². The molecule has 0 saturated heterocycles. The van der Waals surface area contributed by atoms with Crippen molar-refractivity contribution >= 4 is 5.69 Å². The van der Waals surface area contributed by atoms with Gasteiger partial charge in [-0.15, -0.1) is 0 Å². The van der Waals surface area contributed by atoms with Crippen molar-refractivity contribution in [3.63, 3.8) is 0 Å². The maximum Gasteiger partial charge on any atom is 0.123 e. The molecule has 1 rings (SSSR count). The van der Waals surface area contributed by atoms with E-state index in [1.807, 2.05) is 6.07 Å². The van der Waals surface area contributed by atoms with Gasteiger partial charge in [-0.3, -0.25) is 0 Å². The fourth-order valence-corrected chi connectivity index (χ4v) is 2.36. The van der Waals surface area contributed by atoms with E-state index in [4.69, 9.17) is 5.73 Å². The van der Waals surface area contributed by atoms with Gasteiger partial charge in [0.1, 0.15) is 5.82 Å². The molecule has 0 fully saturated rings. The quantitative estimate of drug-likeness (QED) is 0.814. The first-order chi connectivity index (χ1) is 9.03. The summed E-state index contributed by atoms with van der Waals surface area (Å²) in [6.07, 6.45) is 2.71. The van der Waals surface area contributed by atoms with Gasteiger partial charge in [0.05, 0.1) is 0 Å². The molecule has 0 aromatic heterocycles. The molecular formula is C16H27FN2. The summed E-state index contributed by atoms with van der Waals surface area (Å²) in [4.78, 5) is 2.33. The molecule has 1 aromatic rings. The Balaban J connectivity index is 3.10. The second kappa shape index (κ2) is 7.49. The molecule has 0 aliphatic carbocycles. The Hall–Kier alpha value is -1.09. The number of anilines is 1. The van der Waals surface area contributed by atoms with E-state index in [2.05, 4.69) is 32.6 Å². The van der Waals surface area contributed by atoms with Crippen LogP contribution in [0, 0.1) is 5.82 Å². The summed E-state index contributed by atoms with van der Waals surface area (Å²) in [5.41, 5.74) is 8.18. The third-order valence-electron chi connectivity index (χ3n) is 3.82. The molecule has 19 heavy (non-hydrogen) atoms. The smallest absolute Gasteiger partial charge is 0.123 e. The first kappa shape index (κ1) is 16.0. The van der Waals surface area contributed by atoms with E-state index in [1.54, 1.807) is 12.1 Å². The molecule has 2 atom stereocenters. The zero-order chi connectivity index (χ0) is 14.4. The molecule has 2 N–H and O–H groups in total. The Labute approximate surface area is 116 Å². The Morgan fingerprint density at radius 3 is 2.42 bits per heavy atom. The van der Waals surface area contributed by atoms with Crippen LogP contribution in [0.4, 0.5) is 10.1 Å². The molecule has 0 heterocycles. The highest BCUT2D eigenvalue weighted by atomic mass is 19.1. The van der Waals surface area contributed by atoms with Crippen LogP contribution in [0.1, 0.15) is 46.1 Å². The Morgan fingerprint density at radius 2 is 1.89 bits per heavy atom. The van der Waals surface area contributed by atoms with Crippen molar-refractivity contribution in [3.05, 3.63) is 29.6 Å². The second-order valence-electron chi connectivity index (χ2n) is 5.19. The maximum atomic E-state index is 13.5. The first-order valence-corrected chi connectivity index (χ1v) is 7.34. The molecule has 0 amide bonds. The van der Waals surface area contributed by atoms with Crippen molar-refractivity contribution in [2.45, 2.75) is 59.0 Å². The number of benzene rings is 1. The predicted octanol–water partition coefficient (Wildman–Crippen LogP) is 3.73. The summed E-state index contributed by atoms with van der Waals surface area (Å²) in [6.45, 7) is 9.51. The molecule has 0 aliphatic heterocycles. The fraction of sp³-hybridized carbons (Fsp3) is 0.625. The van der Waals surface area contributed by atoms with Crippen molar-refractivity contribution in [2.75, 3.05) is 11.4 Å². The maximum absolute atomic E-state index is 13.5. The Kier molecular flexibility index (Phi) is 6.29. The van der Waals surface area contributed by atoms with Crippen molar-refractivity contribution in [1.82, 2.24) is 0 Å². The predicted molar refractivity (Wildman–Crippen MR) is 81.1 cm³/mol. The SMILES string of the molecule is CCC(N)Cc1cc(F)ccc1N(CC)C(C)CC. The van der Waals surface area contributed by atoms with Crippen LogP contribution >= 0.6 is 0 Å². The number of nitrogens with zero attached hydrogens (tertiary/aromatic N) is 1. The molecule has 1 aromatic carbocycles. The van der Waals surface area contributed by atoms with Gasteiger partial charge < -0.3 is 10.6 Å². The van der Waals surface area contributed by atoms with E-state index in [-0.39, 0.29) is 11.9 Å². The molecule has 2 nitrogen and oxygen atoms in total. The van der Waals surface area contributed by atoms with Gasteiger partial charge in [-0.05, 0) is 56.9 Å². The summed E-state index contributed by atoms with van der Waals surface area (Å²) < 4.78 is 13.5. The van der Waals surface area contributed by atoms with Crippen LogP contribution in [-0.2, 0) is 6.42 Å². The summed E-state index contributed by atoms with van der Waals surface area (Å²) in [5.74, 6) is -0.178. The number of halogens is 1. The average Bonchev–Trinajstić information content (AvgIpc) is 2.41. The van der Waals surface area contributed by atoms with Crippen molar-refractivity contribution in [2.24, 2.45) is 5.73 Å². The molecule has 0 saturated carbocycles. The average molecular weight is 266 g/mol. The lowest BCUT2D eigenvalue weighted by atomic mass is 10.0. The highest BCUT2D eigenvalue weighted by Gasteiger charge is 2.16. The number of nitrogens with two attached hydrogens (primary N) is 1. The fourth-order valence-electron chi connectivity index (χ4n) is 2.36. The molecule has 3 heteroatoms. The first-order valence-electron chi connectivity index (χ1n) is 7.34. The van der Waals surface area contributed by atoms with E-state index in [9.17, 15) is 4.39 Å². The highest BCUT2D eigenvalue weighted by Crippen LogP contribution is 2.26. The van der Waals surface area contributed by atoms with Gasteiger partial charge in [-0.2, -0.15) is 0 Å². The van der Waals surface area contributed by atoms with Crippen molar-refractivity contribution < 1.29 is 4.39 Å². The van der Waals surface area contributed by atoms with Crippen LogP contribution < -0.4 is 10.6 Å². The van der Waals surface area contributed by atoms with Gasteiger partial charge in [0.2, 0.25) is 0 Å². The molecule has 0 aliphatic rings. The summed E-state index contributed by atoms with van der Waals surface area (Å²) in [5, 5.41) is 0. The van der Waals surface area contributed by atoms with Gasteiger partial charge >= 0.3 is 0 Å². The Morgan fingerprint density at radius 1 is 1.21 bits per heavy atom. The lowest BCUT2D eigenvalue weighted by Crippen LogP contribution is -2.34. The topological polar surface area (TPSA) is 29.3 Å². The third kappa shape index (κ3) is 4.20. The van der Waals surface area contributed by atoms with Gasteiger partial charge in [0.25, 0.3) is 0 Å². The minimum Gasteiger partial charge on any atom is -0.369 e. The molecule has 0 spiro atoms. The van der Waals surface area contributed by atoms with Crippen LogP contribution in [-0.4, -0.2) is 18.6 Å². The lowest BCUT2D eigenvalue weighted by Gasteiger charge is -2.32. The van der Waals surface area contributed by atoms with Crippen LogP contribution in [0.3, 0.4) is 0 Å². The molecular weight excluding hydrogens is 239 g/mol. The molecule has 0 radical (unpaired) electrons. The van der Waals surface area contributed by atoms with Crippen LogP contribution in [0.5, 0.6) is 0 Å². The molecule has 2 unspecified atom stereocenters. The summed E-state index contributed by atoms with van der Waals surface area (Å²) >= 11 is 0. The van der Waals surface area contributed by atoms with Crippen molar-refractivity contribution in [1.29, 1.82) is 0 Å². The normalized spacial score (nSPS) is 14.2. The van der Waals surface area contributed by atoms with Crippen LogP contribution in [0.2, 0.25) is 0 Å². The number of hydrogen-bond acceptors (Lipinski definition) is 2. The second-order valence-corrected chi connectivity index (χ2v) is 5.19. The van der Waals surface area contributed by atoms with E-state index in [0.29, 0.717) is 6.04 Å². The highest BCUT2D eigenvalue weighted by molar-refractivity contribution is 5.55. The number of hydrogen-bond donors (Lipinski definition) is 1. The summed E-state index contributed by atoms with van der Waals surface area (Å²) in [7, 11) is 0.